The largest absolute Gasteiger partial charge is 0.316 e. The van der Waals surface area contributed by atoms with Gasteiger partial charge in [-0.15, -0.1) is 5.10 Å². The summed E-state index contributed by atoms with van der Waals surface area (Å²) in [6.45, 7) is 2.36. The van der Waals surface area contributed by atoms with E-state index in [1.54, 1.807) is 16.4 Å². The molecule has 2 rings (SSSR count). The first-order valence-electron chi connectivity index (χ1n) is 4.42. The molecule has 0 aromatic carbocycles. The third-order valence-corrected chi connectivity index (χ3v) is 3.25. The quantitative estimate of drug-likeness (QED) is 0.687. The molecule has 0 unspecified atom stereocenters. The lowest BCUT2D eigenvalue weighted by atomic mass is 10.0. The van der Waals surface area contributed by atoms with E-state index in [1.807, 2.05) is 7.05 Å². The molecule has 1 aromatic heterocycles. The predicted octanol–water partition coefficient (Wildman–Crippen LogP) is -0.0883. The molecule has 1 N–H and O–H groups in total. The highest BCUT2D eigenvalue weighted by Gasteiger charge is 2.16. The van der Waals surface area contributed by atoms with Crippen LogP contribution in [-0.4, -0.2) is 39.0 Å². The predicted molar refractivity (Wildman–Crippen MR) is 50.5 cm³/mol. The van der Waals surface area contributed by atoms with Gasteiger partial charge in [-0.25, -0.2) is 4.68 Å². The maximum Gasteiger partial charge on any atom is 0.209 e. The van der Waals surface area contributed by atoms with E-state index in [0.29, 0.717) is 0 Å². The zero-order chi connectivity index (χ0) is 9.10. The van der Waals surface area contributed by atoms with Crippen molar-refractivity contribution in [2.24, 2.45) is 13.0 Å². The molecule has 1 aromatic rings. The van der Waals surface area contributed by atoms with Crippen molar-refractivity contribution in [1.29, 1.82) is 0 Å². The van der Waals surface area contributed by atoms with E-state index in [9.17, 15) is 0 Å². The Morgan fingerprint density at radius 1 is 1.62 bits per heavy atom. The van der Waals surface area contributed by atoms with Gasteiger partial charge in [0, 0.05) is 12.8 Å². The molecule has 1 fully saturated rings. The standard InChI is InChI=1S/C7H13N5S/c1-12-7(9-10-11-12)13-3-2-6-4-8-5-6/h6,8H,2-5H2,1H3. The highest BCUT2D eigenvalue weighted by atomic mass is 32.2. The van der Waals surface area contributed by atoms with Gasteiger partial charge in [-0.1, -0.05) is 11.8 Å². The van der Waals surface area contributed by atoms with E-state index < -0.39 is 0 Å². The Morgan fingerprint density at radius 2 is 2.46 bits per heavy atom. The third-order valence-electron chi connectivity index (χ3n) is 2.20. The van der Waals surface area contributed by atoms with Crippen LogP contribution in [0.15, 0.2) is 5.16 Å². The number of hydrogen-bond acceptors (Lipinski definition) is 5. The molecule has 13 heavy (non-hydrogen) atoms. The minimum Gasteiger partial charge on any atom is -0.316 e. The van der Waals surface area contributed by atoms with Crippen molar-refractivity contribution in [3.05, 3.63) is 0 Å². The molecule has 1 saturated heterocycles. The maximum atomic E-state index is 3.91. The average molecular weight is 199 g/mol. The van der Waals surface area contributed by atoms with Gasteiger partial charge in [-0.2, -0.15) is 0 Å². The molecular formula is C7H13N5S. The van der Waals surface area contributed by atoms with E-state index >= 15 is 0 Å². The van der Waals surface area contributed by atoms with Crippen LogP contribution in [-0.2, 0) is 7.05 Å². The summed E-state index contributed by atoms with van der Waals surface area (Å²) < 4.78 is 1.71. The highest BCUT2D eigenvalue weighted by molar-refractivity contribution is 7.99. The van der Waals surface area contributed by atoms with Crippen LogP contribution in [0.2, 0.25) is 0 Å². The van der Waals surface area contributed by atoms with Gasteiger partial charge in [0.15, 0.2) is 0 Å². The molecule has 5 nitrogen and oxygen atoms in total. The first kappa shape index (κ1) is 8.96. The molecule has 72 valence electrons. The zero-order valence-corrected chi connectivity index (χ0v) is 8.42. The summed E-state index contributed by atoms with van der Waals surface area (Å²) in [6.07, 6.45) is 1.25. The number of tetrazole rings is 1. The molecule has 1 aliphatic heterocycles. The first-order chi connectivity index (χ1) is 6.36. The monoisotopic (exact) mass is 199 g/mol. The second kappa shape index (κ2) is 4.06. The van der Waals surface area contributed by atoms with E-state index in [4.69, 9.17) is 0 Å². The highest BCUT2D eigenvalue weighted by Crippen LogP contribution is 2.18. The smallest absolute Gasteiger partial charge is 0.209 e. The fourth-order valence-electron chi connectivity index (χ4n) is 1.21. The molecular weight excluding hydrogens is 186 g/mol. The van der Waals surface area contributed by atoms with E-state index in [2.05, 4.69) is 20.8 Å². The summed E-state index contributed by atoms with van der Waals surface area (Å²) in [5.74, 6) is 1.98. The molecule has 0 spiro atoms. The van der Waals surface area contributed by atoms with Crippen molar-refractivity contribution in [3.63, 3.8) is 0 Å². The Hall–Kier alpha value is -0.620. The maximum absolute atomic E-state index is 3.91. The summed E-state index contributed by atoms with van der Waals surface area (Å²) in [5.41, 5.74) is 0. The minimum atomic E-state index is 0.869. The van der Waals surface area contributed by atoms with Crippen LogP contribution in [0.1, 0.15) is 6.42 Å². The Kier molecular flexibility index (Phi) is 2.80. The van der Waals surface area contributed by atoms with Crippen LogP contribution in [0.4, 0.5) is 0 Å². The van der Waals surface area contributed by atoms with Gasteiger partial charge in [0.2, 0.25) is 5.16 Å². The Morgan fingerprint density at radius 3 is 3.00 bits per heavy atom. The summed E-state index contributed by atoms with van der Waals surface area (Å²) in [6, 6.07) is 0. The lowest BCUT2D eigenvalue weighted by molar-refractivity contribution is 0.341. The van der Waals surface area contributed by atoms with Crippen LogP contribution in [0.3, 0.4) is 0 Å². The van der Waals surface area contributed by atoms with Crippen LogP contribution >= 0.6 is 11.8 Å². The Balaban J connectivity index is 1.70. The molecule has 2 heterocycles. The van der Waals surface area contributed by atoms with Crippen LogP contribution in [0.5, 0.6) is 0 Å². The average Bonchev–Trinajstić information content (AvgIpc) is 2.42. The third kappa shape index (κ3) is 2.19. The van der Waals surface area contributed by atoms with Crippen molar-refractivity contribution in [3.8, 4) is 0 Å². The van der Waals surface area contributed by atoms with Gasteiger partial charge < -0.3 is 5.32 Å². The number of hydrogen-bond donors (Lipinski definition) is 1. The minimum absolute atomic E-state index is 0.869. The summed E-state index contributed by atoms with van der Waals surface area (Å²) >= 11 is 1.73. The summed E-state index contributed by atoms with van der Waals surface area (Å²) in [5, 5.41) is 15.4. The molecule has 0 bridgehead atoms. The van der Waals surface area contributed by atoms with Crippen molar-refractivity contribution in [2.75, 3.05) is 18.8 Å². The van der Waals surface area contributed by atoms with Crippen molar-refractivity contribution in [2.45, 2.75) is 11.6 Å². The fourth-order valence-corrected chi connectivity index (χ4v) is 2.16. The van der Waals surface area contributed by atoms with Gasteiger partial charge in [-0.3, -0.25) is 0 Å². The topological polar surface area (TPSA) is 55.6 Å². The molecule has 6 heteroatoms. The van der Waals surface area contributed by atoms with Gasteiger partial charge in [0.25, 0.3) is 0 Å². The van der Waals surface area contributed by atoms with E-state index in [0.717, 1.165) is 16.8 Å². The van der Waals surface area contributed by atoms with Gasteiger partial charge in [0.05, 0.1) is 0 Å². The second-order valence-corrected chi connectivity index (χ2v) is 4.31. The molecule has 0 atom stereocenters. The lowest BCUT2D eigenvalue weighted by Gasteiger charge is -2.26. The van der Waals surface area contributed by atoms with Gasteiger partial charge in [0.1, 0.15) is 0 Å². The Bertz CT molecular complexity index is 270. The van der Waals surface area contributed by atoms with Crippen LogP contribution in [0, 0.1) is 5.92 Å². The van der Waals surface area contributed by atoms with Crippen LogP contribution in [0.25, 0.3) is 0 Å². The number of nitrogens with zero attached hydrogens (tertiary/aromatic N) is 4. The zero-order valence-electron chi connectivity index (χ0n) is 7.60. The number of rotatable bonds is 4. The van der Waals surface area contributed by atoms with Crippen molar-refractivity contribution < 1.29 is 0 Å². The number of aromatic nitrogens is 4. The first-order valence-corrected chi connectivity index (χ1v) is 5.40. The normalized spacial score (nSPS) is 17.3. The second-order valence-electron chi connectivity index (χ2n) is 3.25. The molecule has 0 aliphatic carbocycles. The van der Waals surface area contributed by atoms with Gasteiger partial charge >= 0.3 is 0 Å². The summed E-state index contributed by atoms with van der Waals surface area (Å²) in [4.78, 5) is 0. The number of thioether (sulfide) groups is 1. The fraction of sp³-hybridized carbons (Fsp3) is 0.857. The molecule has 0 saturated carbocycles. The van der Waals surface area contributed by atoms with E-state index in [-0.39, 0.29) is 0 Å². The number of aryl methyl sites for hydroxylation is 1. The van der Waals surface area contributed by atoms with Crippen LogP contribution < -0.4 is 5.32 Å². The van der Waals surface area contributed by atoms with Crippen molar-refractivity contribution in [1.82, 2.24) is 25.5 Å². The van der Waals surface area contributed by atoms with E-state index in [1.165, 1.54) is 19.5 Å². The summed E-state index contributed by atoms with van der Waals surface area (Å²) in [7, 11) is 1.87. The van der Waals surface area contributed by atoms with Gasteiger partial charge in [-0.05, 0) is 35.9 Å². The molecule has 0 radical (unpaired) electrons. The molecule has 0 amide bonds. The SMILES string of the molecule is Cn1nnnc1SCCC1CNC1. The van der Waals surface area contributed by atoms with Crippen molar-refractivity contribution >= 4 is 11.8 Å². The number of nitrogens with one attached hydrogen (secondary N) is 1. The lowest BCUT2D eigenvalue weighted by Crippen LogP contribution is -2.42. The Labute approximate surface area is 81.3 Å². The molecule has 1 aliphatic rings.